The van der Waals surface area contributed by atoms with Crippen LogP contribution in [0.15, 0.2) is 43.0 Å². The second-order valence-corrected chi connectivity index (χ2v) is 3.70. The van der Waals surface area contributed by atoms with Crippen molar-refractivity contribution in [2.45, 2.75) is 19.3 Å². The summed E-state index contributed by atoms with van der Waals surface area (Å²) >= 11 is 0. The number of unbranched alkanes of at least 4 members (excludes halogenated alkanes) is 1. The van der Waals surface area contributed by atoms with Crippen LogP contribution in [-0.4, -0.2) is 15.8 Å². The number of aryl methyl sites for hydroxylation is 1. The van der Waals surface area contributed by atoms with Crippen molar-refractivity contribution in [1.29, 1.82) is 0 Å². The van der Waals surface area contributed by atoms with Crippen molar-refractivity contribution >= 4 is 6.29 Å². The zero-order valence-corrected chi connectivity index (χ0v) is 9.04. The van der Waals surface area contributed by atoms with Crippen molar-refractivity contribution in [3.05, 3.63) is 48.5 Å². The molecule has 1 aromatic heterocycles. The van der Waals surface area contributed by atoms with E-state index in [1.165, 1.54) is 5.56 Å². The standard InChI is InChI=1S/C13H14N2O/c16-10-2-1-3-12-4-6-13(7-5-12)15-9-8-14-11-15/h4-11H,1-3H2. The Labute approximate surface area is 94.7 Å². The minimum atomic E-state index is 0.642. The van der Waals surface area contributed by atoms with Crippen LogP contribution in [0.5, 0.6) is 0 Å². The zero-order chi connectivity index (χ0) is 11.2. The van der Waals surface area contributed by atoms with Crippen LogP contribution in [0.2, 0.25) is 0 Å². The number of aldehydes is 1. The molecule has 0 radical (unpaired) electrons. The number of rotatable bonds is 5. The van der Waals surface area contributed by atoms with Gasteiger partial charge in [-0.05, 0) is 30.5 Å². The van der Waals surface area contributed by atoms with Crippen molar-refractivity contribution in [3.8, 4) is 5.69 Å². The third-order valence-electron chi connectivity index (χ3n) is 2.53. The summed E-state index contributed by atoms with van der Waals surface area (Å²) in [5, 5.41) is 0. The summed E-state index contributed by atoms with van der Waals surface area (Å²) in [7, 11) is 0. The Morgan fingerprint density at radius 3 is 2.69 bits per heavy atom. The van der Waals surface area contributed by atoms with E-state index in [1.54, 1.807) is 12.5 Å². The van der Waals surface area contributed by atoms with E-state index < -0.39 is 0 Å². The van der Waals surface area contributed by atoms with Gasteiger partial charge in [-0.2, -0.15) is 0 Å². The molecule has 3 nitrogen and oxygen atoms in total. The van der Waals surface area contributed by atoms with Gasteiger partial charge in [0.2, 0.25) is 0 Å². The van der Waals surface area contributed by atoms with E-state index in [1.807, 2.05) is 10.8 Å². The zero-order valence-electron chi connectivity index (χ0n) is 9.04. The highest BCUT2D eigenvalue weighted by Crippen LogP contribution is 2.11. The maximum Gasteiger partial charge on any atom is 0.120 e. The first kappa shape index (κ1) is 10.6. The lowest BCUT2D eigenvalue weighted by molar-refractivity contribution is -0.107. The lowest BCUT2D eigenvalue weighted by Gasteiger charge is -2.03. The Balaban J connectivity index is 2.02. The summed E-state index contributed by atoms with van der Waals surface area (Å²) in [5.41, 5.74) is 2.38. The van der Waals surface area contributed by atoms with Crippen molar-refractivity contribution in [1.82, 2.24) is 9.55 Å². The van der Waals surface area contributed by atoms with Gasteiger partial charge in [-0.1, -0.05) is 12.1 Å². The summed E-state index contributed by atoms with van der Waals surface area (Å²) in [6.07, 6.45) is 8.96. The number of carbonyl (C=O) groups is 1. The number of carbonyl (C=O) groups excluding carboxylic acids is 1. The fourth-order valence-electron chi connectivity index (χ4n) is 1.64. The molecule has 3 heteroatoms. The topological polar surface area (TPSA) is 34.9 Å². The molecule has 0 fully saturated rings. The molecule has 2 rings (SSSR count). The summed E-state index contributed by atoms with van der Waals surface area (Å²) in [6, 6.07) is 8.33. The van der Waals surface area contributed by atoms with Gasteiger partial charge in [0.15, 0.2) is 0 Å². The fourth-order valence-corrected chi connectivity index (χ4v) is 1.64. The Hall–Kier alpha value is -1.90. The third kappa shape index (κ3) is 2.57. The van der Waals surface area contributed by atoms with Crippen molar-refractivity contribution in [3.63, 3.8) is 0 Å². The van der Waals surface area contributed by atoms with Crippen LogP contribution < -0.4 is 0 Å². The van der Waals surface area contributed by atoms with Gasteiger partial charge in [0.1, 0.15) is 6.29 Å². The Morgan fingerprint density at radius 1 is 1.25 bits per heavy atom. The highest BCUT2D eigenvalue weighted by atomic mass is 16.1. The van der Waals surface area contributed by atoms with Crippen LogP contribution in [0, 0.1) is 0 Å². The maximum absolute atomic E-state index is 10.2. The lowest BCUT2D eigenvalue weighted by atomic mass is 10.1. The normalized spacial score (nSPS) is 10.2. The van der Waals surface area contributed by atoms with Crippen LogP contribution in [0.4, 0.5) is 0 Å². The van der Waals surface area contributed by atoms with Gasteiger partial charge in [0.25, 0.3) is 0 Å². The molecule has 0 saturated heterocycles. The molecule has 0 spiro atoms. The summed E-state index contributed by atoms with van der Waals surface area (Å²) in [5.74, 6) is 0. The maximum atomic E-state index is 10.2. The molecule has 0 aliphatic rings. The molecule has 0 N–H and O–H groups in total. The van der Waals surface area contributed by atoms with Gasteiger partial charge < -0.3 is 9.36 Å². The number of imidazole rings is 1. The first-order valence-electron chi connectivity index (χ1n) is 5.41. The van der Waals surface area contributed by atoms with Crippen molar-refractivity contribution < 1.29 is 4.79 Å². The molecule has 0 amide bonds. The van der Waals surface area contributed by atoms with Gasteiger partial charge in [-0.15, -0.1) is 0 Å². The van der Waals surface area contributed by atoms with Crippen LogP contribution in [0.3, 0.4) is 0 Å². The predicted molar refractivity (Wildman–Crippen MR) is 62.6 cm³/mol. The van der Waals surface area contributed by atoms with Gasteiger partial charge in [-0.25, -0.2) is 4.98 Å². The molecule has 1 aromatic carbocycles. The van der Waals surface area contributed by atoms with E-state index in [4.69, 9.17) is 0 Å². The second kappa shape index (κ2) is 5.26. The highest BCUT2D eigenvalue weighted by molar-refractivity contribution is 5.49. The average Bonchev–Trinajstić information content (AvgIpc) is 2.84. The lowest BCUT2D eigenvalue weighted by Crippen LogP contribution is -1.91. The van der Waals surface area contributed by atoms with E-state index >= 15 is 0 Å². The largest absolute Gasteiger partial charge is 0.306 e. The number of benzene rings is 1. The molecule has 0 saturated carbocycles. The second-order valence-electron chi connectivity index (χ2n) is 3.70. The Morgan fingerprint density at radius 2 is 2.06 bits per heavy atom. The smallest absolute Gasteiger partial charge is 0.120 e. The van der Waals surface area contributed by atoms with E-state index in [0.717, 1.165) is 24.8 Å². The Bertz CT molecular complexity index is 431. The molecule has 0 unspecified atom stereocenters. The van der Waals surface area contributed by atoms with Crippen LogP contribution in [0.25, 0.3) is 5.69 Å². The molecule has 2 aromatic rings. The molecule has 82 valence electrons. The van der Waals surface area contributed by atoms with Gasteiger partial charge >= 0.3 is 0 Å². The molecular formula is C13H14N2O. The SMILES string of the molecule is O=CCCCc1ccc(-n2ccnc2)cc1. The van der Waals surface area contributed by atoms with Gasteiger partial charge in [-0.3, -0.25) is 0 Å². The third-order valence-corrected chi connectivity index (χ3v) is 2.53. The Kier molecular flexibility index (Phi) is 3.49. The predicted octanol–water partition coefficient (Wildman–Crippen LogP) is 2.39. The molecule has 16 heavy (non-hydrogen) atoms. The quantitative estimate of drug-likeness (QED) is 0.566. The minimum absolute atomic E-state index is 0.642. The summed E-state index contributed by atoms with van der Waals surface area (Å²) in [6.45, 7) is 0. The molecular weight excluding hydrogens is 200 g/mol. The summed E-state index contributed by atoms with van der Waals surface area (Å²) < 4.78 is 1.97. The molecule has 1 heterocycles. The molecule has 0 aliphatic carbocycles. The number of hydrogen-bond donors (Lipinski definition) is 0. The van der Waals surface area contributed by atoms with Gasteiger partial charge in [0.05, 0.1) is 6.33 Å². The highest BCUT2D eigenvalue weighted by Gasteiger charge is 1.96. The van der Waals surface area contributed by atoms with Crippen LogP contribution in [-0.2, 0) is 11.2 Å². The molecule has 0 bridgehead atoms. The minimum Gasteiger partial charge on any atom is -0.306 e. The average molecular weight is 214 g/mol. The van der Waals surface area contributed by atoms with Crippen LogP contribution >= 0.6 is 0 Å². The van der Waals surface area contributed by atoms with E-state index in [2.05, 4.69) is 29.2 Å². The first-order chi connectivity index (χ1) is 7.90. The molecule has 0 atom stereocenters. The van der Waals surface area contributed by atoms with Crippen molar-refractivity contribution in [2.24, 2.45) is 0 Å². The number of aromatic nitrogens is 2. The van der Waals surface area contributed by atoms with Crippen LogP contribution in [0.1, 0.15) is 18.4 Å². The van der Waals surface area contributed by atoms with Gasteiger partial charge in [0, 0.05) is 24.5 Å². The monoisotopic (exact) mass is 214 g/mol. The van der Waals surface area contributed by atoms with E-state index in [0.29, 0.717) is 6.42 Å². The molecule has 0 aliphatic heterocycles. The number of hydrogen-bond acceptors (Lipinski definition) is 2. The number of nitrogens with zero attached hydrogens (tertiary/aromatic N) is 2. The van der Waals surface area contributed by atoms with E-state index in [-0.39, 0.29) is 0 Å². The van der Waals surface area contributed by atoms with Crippen molar-refractivity contribution in [2.75, 3.05) is 0 Å². The van der Waals surface area contributed by atoms with E-state index in [9.17, 15) is 4.79 Å². The first-order valence-corrected chi connectivity index (χ1v) is 5.41. The fraction of sp³-hybridized carbons (Fsp3) is 0.231. The summed E-state index contributed by atoms with van der Waals surface area (Å²) in [4.78, 5) is 14.2.